The van der Waals surface area contributed by atoms with Crippen molar-refractivity contribution in [3.05, 3.63) is 35.9 Å². The van der Waals surface area contributed by atoms with E-state index in [9.17, 15) is 22.8 Å². The van der Waals surface area contributed by atoms with E-state index in [1.54, 1.807) is 4.90 Å². The van der Waals surface area contributed by atoms with Crippen LogP contribution >= 0.6 is 12.4 Å². The maximum Gasteiger partial charge on any atom is 0.393 e. The second-order valence-electron chi connectivity index (χ2n) is 7.03. The lowest BCUT2D eigenvalue weighted by atomic mass is 9.96. The first-order chi connectivity index (χ1) is 12.3. The fourth-order valence-electron chi connectivity index (χ4n) is 3.47. The molecule has 150 valence electrons. The molecule has 5 nitrogen and oxygen atoms in total. The van der Waals surface area contributed by atoms with Crippen LogP contribution in [0.15, 0.2) is 30.3 Å². The monoisotopic (exact) mass is 406 g/mol. The van der Waals surface area contributed by atoms with Gasteiger partial charge in [-0.15, -0.1) is 12.4 Å². The number of likely N-dealkylation sites (tertiary alicyclic amines) is 1. The van der Waals surface area contributed by atoms with Crippen LogP contribution in [0.2, 0.25) is 0 Å². The summed E-state index contributed by atoms with van der Waals surface area (Å²) in [5.41, 5.74) is 0.964. The number of alkyl halides is 3. The molecule has 9 heteroatoms. The van der Waals surface area contributed by atoms with Crippen LogP contribution in [0, 0.1) is 11.8 Å². The lowest BCUT2D eigenvalue weighted by Crippen LogP contribution is -2.41. The van der Waals surface area contributed by atoms with Crippen molar-refractivity contribution in [3.63, 3.8) is 0 Å². The van der Waals surface area contributed by atoms with Crippen molar-refractivity contribution >= 4 is 24.3 Å². The number of carboxylic acids is 1. The van der Waals surface area contributed by atoms with Gasteiger partial charge in [-0.1, -0.05) is 30.3 Å². The first-order valence-corrected chi connectivity index (χ1v) is 8.61. The molecular weight excluding hydrogens is 385 g/mol. The van der Waals surface area contributed by atoms with Crippen LogP contribution in [0.4, 0.5) is 13.2 Å². The van der Waals surface area contributed by atoms with Gasteiger partial charge in [0.25, 0.3) is 0 Å². The van der Waals surface area contributed by atoms with Crippen LogP contribution in [0.3, 0.4) is 0 Å². The molecule has 0 aromatic heterocycles. The molecule has 2 aliphatic rings. The highest BCUT2D eigenvalue weighted by molar-refractivity contribution is 5.85. The number of carbonyl (C=O) groups is 2. The van der Waals surface area contributed by atoms with Gasteiger partial charge in [-0.25, -0.2) is 0 Å². The number of halogens is 4. The van der Waals surface area contributed by atoms with Crippen LogP contribution in [0.1, 0.15) is 18.4 Å². The van der Waals surface area contributed by atoms with E-state index in [4.69, 9.17) is 5.11 Å². The first-order valence-electron chi connectivity index (χ1n) is 8.61. The number of hydrogen-bond donors (Lipinski definition) is 1. The third-order valence-corrected chi connectivity index (χ3v) is 5.00. The molecule has 0 spiro atoms. The topological polar surface area (TPSA) is 60.9 Å². The molecule has 1 aromatic carbocycles. The van der Waals surface area contributed by atoms with E-state index >= 15 is 0 Å². The van der Waals surface area contributed by atoms with E-state index in [1.807, 2.05) is 30.3 Å². The predicted octanol–water partition coefficient (Wildman–Crippen LogP) is 2.79. The Kier molecular flexibility index (Phi) is 6.75. The summed E-state index contributed by atoms with van der Waals surface area (Å²) < 4.78 is 39.2. The molecule has 27 heavy (non-hydrogen) atoms. The first kappa shape index (κ1) is 21.5. The average Bonchev–Trinajstić information content (AvgIpc) is 3.31. The summed E-state index contributed by atoms with van der Waals surface area (Å²) in [5, 5.41) is 9.08. The largest absolute Gasteiger partial charge is 0.481 e. The smallest absolute Gasteiger partial charge is 0.393 e. The van der Waals surface area contributed by atoms with Gasteiger partial charge in [0.15, 0.2) is 0 Å². The maximum atomic E-state index is 13.1. The standard InChI is InChI=1S/C18H21F3N2O3.ClH/c19-18(20,21)15-10-22(9-14(15)17(25)26)11-16(24)23(13-6-7-13)8-12-4-2-1-3-5-12;/h1-5,13-15H,6-11H2,(H,25,26);1H/t14-,15-;/m1./s1. The number of rotatable bonds is 6. The van der Waals surface area contributed by atoms with E-state index in [2.05, 4.69) is 0 Å². The molecular formula is C18H22ClF3N2O3. The zero-order chi connectivity index (χ0) is 18.9. The van der Waals surface area contributed by atoms with E-state index in [1.165, 1.54) is 4.90 Å². The van der Waals surface area contributed by atoms with E-state index in [0.717, 1.165) is 18.4 Å². The maximum absolute atomic E-state index is 13.1. The quantitative estimate of drug-likeness (QED) is 0.789. The van der Waals surface area contributed by atoms with Gasteiger partial charge in [0.1, 0.15) is 0 Å². The number of nitrogens with zero attached hydrogens (tertiary/aromatic N) is 2. The molecule has 1 aromatic rings. The SMILES string of the molecule is Cl.O=C(O)[C@@H]1CN(CC(=O)N(Cc2ccccc2)C2CC2)C[C@H]1C(F)(F)F. The number of carbonyl (C=O) groups excluding carboxylic acids is 1. The van der Waals surface area contributed by atoms with Gasteiger partial charge in [-0.3, -0.25) is 14.5 Å². The molecule has 1 aliphatic carbocycles. The summed E-state index contributed by atoms with van der Waals surface area (Å²) in [7, 11) is 0. The van der Waals surface area contributed by atoms with Gasteiger partial charge >= 0.3 is 12.1 Å². The molecule has 2 atom stereocenters. The van der Waals surface area contributed by atoms with Gasteiger partial charge in [0, 0.05) is 25.7 Å². The Morgan fingerprint density at radius 1 is 1.15 bits per heavy atom. The summed E-state index contributed by atoms with van der Waals surface area (Å²) in [5.74, 6) is -5.17. The Morgan fingerprint density at radius 2 is 1.78 bits per heavy atom. The zero-order valence-electron chi connectivity index (χ0n) is 14.6. The normalized spacial score (nSPS) is 22.9. The van der Waals surface area contributed by atoms with Crippen LogP contribution < -0.4 is 0 Å². The predicted molar refractivity (Wildman–Crippen MR) is 94.4 cm³/mol. The number of amides is 1. The summed E-state index contributed by atoms with van der Waals surface area (Å²) in [6, 6.07) is 9.55. The van der Waals surface area contributed by atoms with Crippen molar-refractivity contribution in [1.29, 1.82) is 0 Å². The van der Waals surface area contributed by atoms with Gasteiger partial charge < -0.3 is 10.0 Å². The van der Waals surface area contributed by atoms with E-state index in [-0.39, 0.29) is 37.4 Å². The Balaban J connectivity index is 0.00000261. The van der Waals surface area contributed by atoms with Crippen molar-refractivity contribution in [2.75, 3.05) is 19.6 Å². The number of carboxylic acid groups (broad SMARTS) is 1. The Hall–Kier alpha value is -1.80. The lowest BCUT2D eigenvalue weighted by molar-refractivity contribution is -0.188. The van der Waals surface area contributed by atoms with Crippen LogP contribution in [-0.4, -0.2) is 58.6 Å². The second kappa shape index (κ2) is 8.48. The van der Waals surface area contributed by atoms with Crippen molar-refractivity contribution in [3.8, 4) is 0 Å². The zero-order valence-corrected chi connectivity index (χ0v) is 15.4. The van der Waals surface area contributed by atoms with Gasteiger partial charge in [0.05, 0.1) is 18.4 Å². The Bertz CT molecular complexity index is 668. The highest BCUT2D eigenvalue weighted by Crippen LogP contribution is 2.38. The fourth-order valence-corrected chi connectivity index (χ4v) is 3.47. The summed E-state index contributed by atoms with van der Waals surface area (Å²) in [6.45, 7) is -0.464. The molecule has 0 radical (unpaired) electrons. The van der Waals surface area contributed by atoms with Crippen molar-refractivity contribution < 1.29 is 27.9 Å². The number of hydrogen-bond acceptors (Lipinski definition) is 3. The molecule has 1 aliphatic heterocycles. The van der Waals surface area contributed by atoms with E-state index in [0.29, 0.717) is 6.54 Å². The number of benzene rings is 1. The molecule has 1 heterocycles. The van der Waals surface area contributed by atoms with Crippen molar-refractivity contribution in [1.82, 2.24) is 9.80 Å². The summed E-state index contributed by atoms with van der Waals surface area (Å²) in [6.07, 6.45) is -2.80. The van der Waals surface area contributed by atoms with Crippen molar-refractivity contribution in [2.24, 2.45) is 11.8 Å². The third kappa shape index (κ3) is 5.35. The minimum atomic E-state index is -4.58. The molecule has 0 bridgehead atoms. The van der Waals surface area contributed by atoms with Gasteiger partial charge in [-0.05, 0) is 18.4 Å². The second-order valence-corrected chi connectivity index (χ2v) is 7.03. The van der Waals surface area contributed by atoms with Crippen molar-refractivity contribution in [2.45, 2.75) is 31.6 Å². The minimum Gasteiger partial charge on any atom is -0.481 e. The van der Waals surface area contributed by atoms with E-state index < -0.39 is 30.5 Å². The third-order valence-electron chi connectivity index (χ3n) is 5.00. The number of aliphatic carboxylic acids is 1. The molecule has 1 N–H and O–H groups in total. The lowest BCUT2D eigenvalue weighted by Gasteiger charge is -2.25. The fraction of sp³-hybridized carbons (Fsp3) is 0.556. The molecule has 3 rings (SSSR count). The highest BCUT2D eigenvalue weighted by Gasteiger charge is 2.52. The Labute approximate surface area is 161 Å². The molecule has 2 fully saturated rings. The van der Waals surface area contributed by atoms with Crippen LogP contribution in [0.25, 0.3) is 0 Å². The van der Waals surface area contributed by atoms with Gasteiger partial charge in [-0.2, -0.15) is 13.2 Å². The molecule has 1 saturated carbocycles. The van der Waals surface area contributed by atoms with Crippen LogP contribution in [0.5, 0.6) is 0 Å². The summed E-state index contributed by atoms with van der Waals surface area (Å²) >= 11 is 0. The Morgan fingerprint density at radius 3 is 2.26 bits per heavy atom. The highest BCUT2D eigenvalue weighted by atomic mass is 35.5. The average molecular weight is 407 g/mol. The minimum absolute atomic E-state index is 0. The van der Waals surface area contributed by atoms with Gasteiger partial charge in [0.2, 0.25) is 5.91 Å². The molecule has 1 amide bonds. The summed E-state index contributed by atoms with van der Waals surface area (Å²) in [4.78, 5) is 26.9. The van der Waals surface area contributed by atoms with Crippen LogP contribution in [-0.2, 0) is 16.1 Å². The molecule has 1 saturated heterocycles. The molecule has 0 unspecified atom stereocenters.